The number of unbranched alkanes of at least 4 members (excludes halogenated alkanes) is 1. The molecular formula is C18H18BrN3O2. The van der Waals surface area contributed by atoms with Crippen LogP contribution in [-0.2, 0) is 13.1 Å². The minimum Gasteiger partial charge on any atom is -0.293 e. The topological polar surface area (TPSA) is 56.9 Å². The molecule has 0 N–H and O–H groups in total. The number of aromatic nitrogens is 3. The van der Waals surface area contributed by atoms with E-state index in [9.17, 15) is 9.59 Å². The third kappa shape index (κ3) is 3.33. The molecule has 6 heteroatoms. The lowest BCUT2D eigenvalue weighted by atomic mass is 10.2. The van der Waals surface area contributed by atoms with Gasteiger partial charge in [0.2, 0.25) is 0 Å². The van der Waals surface area contributed by atoms with E-state index in [4.69, 9.17) is 0 Å². The normalized spacial score (nSPS) is 11.0. The summed E-state index contributed by atoms with van der Waals surface area (Å²) in [5.41, 5.74) is 1.01. The molecule has 3 rings (SSSR count). The second-order valence-corrected chi connectivity index (χ2v) is 6.39. The maximum absolute atomic E-state index is 12.9. The van der Waals surface area contributed by atoms with Gasteiger partial charge in [0.1, 0.15) is 0 Å². The number of hydrogen-bond donors (Lipinski definition) is 0. The minimum absolute atomic E-state index is 0.231. The van der Waals surface area contributed by atoms with Gasteiger partial charge in [-0.15, -0.1) is 0 Å². The lowest BCUT2D eigenvalue weighted by Crippen LogP contribution is -2.40. The van der Waals surface area contributed by atoms with Crippen molar-refractivity contribution in [1.82, 2.24) is 14.1 Å². The van der Waals surface area contributed by atoms with Crippen molar-refractivity contribution in [3.63, 3.8) is 0 Å². The summed E-state index contributed by atoms with van der Waals surface area (Å²) in [4.78, 5) is 29.7. The molecule has 0 bridgehead atoms. The van der Waals surface area contributed by atoms with Crippen molar-refractivity contribution >= 4 is 26.8 Å². The van der Waals surface area contributed by atoms with E-state index < -0.39 is 0 Å². The van der Waals surface area contributed by atoms with Crippen molar-refractivity contribution in [2.24, 2.45) is 0 Å². The molecule has 24 heavy (non-hydrogen) atoms. The average Bonchev–Trinajstić information content (AvgIpc) is 2.62. The first-order chi connectivity index (χ1) is 11.7. The summed E-state index contributed by atoms with van der Waals surface area (Å²) in [7, 11) is 0. The number of pyridine rings is 1. The van der Waals surface area contributed by atoms with E-state index in [0.717, 1.165) is 23.7 Å². The number of para-hydroxylation sites is 1. The third-order valence-corrected chi connectivity index (χ3v) is 4.52. The molecule has 0 unspecified atom stereocenters. The molecule has 0 saturated carbocycles. The van der Waals surface area contributed by atoms with Gasteiger partial charge in [-0.05, 0) is 36.6 Å². The summed E-state index contributed by atoms with van der Waals surface area (Å²) in [6.45, 7) is 0.826. The van der Waals surface area contributed by atoms with E-state index in [1.165, 1.54) is 4.57 Å². The third-order valence-electron chi connectivity index (χ3n) is 3.96. The minimum atomic E-state index is -0.267. The van der Waals surface area contributed by atoms with Crippen LogP contribution in [0.5, 0.6) is 0 Å². The van der Waals surface area contributed by atoms with Crippen molar-refractivity contribution < 1.29 is 0 Å². The highest BCUT2D eigenvalue weighted by atomic mass is 79.9. The van der Waals surface area contributed by atoms with Gasteiger partial charge in [0.25, 0.3) is 5.56 Å². The number of hydrogen-bond acceptors (Lipinski definition) is 3. The van der Waals surface area contributed by atoms with Gasteiger partial charge in [-0.1, -0.05) is 34.1 Å². The Balaban J connectivity index is 2.15. The second-order valence-electron chi connectivity index (χ2n) is 5.60. The monoisotopic (exact) mass is 387 g/mol. The average molecular weight is 388 g/mol. The van der Waals surface area contributed by atoms with Gasteiger partial charge in [-0.3, -0.25) is 18.9 Å². The maximum Gasteiger partial charge on any atom is 0.331 e. The Bertz CT molecular complexity index is 948. The second kappa shape index (κ2) is 7.57. The highest BCUT2D eigenvalue weighted by Gasteiger charge is 2.13. The Morgan fingerprint density at radius 3 is 2.58 bits per heavy atom. The van der Waals surface area contributed by atoms with Gasteiger partial charge in [0.05, 0.1) is 17.4 Å². The first kappa shape index (κ1) is 16.6. The molecule has 124 valence electrons. The Labute approximate surface area is 147 Å². The van der Waals surface area contributed by atoms with Crippen LogP contribution < -0.4 is 11.2 Å². The molecule has 0 spiro atoms. The van der Waals surface area contributed by atoms with Gasteiger partial charge >= 0.3 is 5.69 Å². The van der Waals surface area contributed by atoms with Crippen molar-refractivity contribution in [3.05, 3.63) is 75.2 Å². The maximum atomic E-state index is 12.9. The van der Waals surface area contributed by atoms with Gasteiger partial charge < -0.3 is 0 Å². The zero-order valence-corrected chi connectivity index (χ0v) is 14.8. The molecule has 2 aromatic heterocycles. The van der Waals surface area contributed by atoms with E-state index in [0.29, 0.717) is 17.4 Å². The first-order valence-electron chi connectivity index (χ1n) is 7.89. The van der Waals surface area contributed by atoms with Crippen molar-refractivity contribution in [2.45, 2.75) is 25.9 Å². The van der Waals surface area contributed by atoms with Gasteiger partial charge in [-0.2, -0.15) is 0 Å². The Hall–Kier alpha value is -2.21. The molecule has 0 saturated heterocycles. The van der Waals surface area contributed by atoms with Gasteiger partial charge in [-0.25, -0.2) is 4.79 Å². The van der Waals surface area contributed by atoms with Crippen LogP contribution in [0.15, 0.2) is 58.4 Å². The number of benzene rings is 1. The van der Waals surface area contributed by atoms with Crippen molar-refractivity contribution in [1.29, 1.82) is 0 Å². The molecule has 2 heterocycles. The van der Waals surface area contributed by atoms with Crippen molar-refractivity contribution in [2.75, 3.05) is 5.33 Å². The quantitative estimate of drug-likeness (QED) is 0.482. The van der Waals surface area contributed by atoms with Gasteiger partial charge in [0.15, 0.2) is 0 Å². The van der Waals surface area contributed by atoms with Crippen LogP contribution in [0.4, 0.5) is 0 Å². The summed E-state index contributed by atoms with van der Waals surface area (Å²) in [6.07, 6.45) is 5.20. The van der Waals surface area contributed by atoms with Crippen LogP contribution >= 0.6 is 15.9 Å². The zero-order valence-electron chi connectivity index (χ0n) is 13.2. The Kier molecular flexibility index (Phi) is 5.25. The molecule has 5 nitrogen and oxygen atoms in total. The molecule has 0 aliphatic rings. The zero-order chi connectivity index (χ0) is 16.9. The van der Waals surface area contributed by atoms with Crippen LogP contribution in [0, 0.1) is 0 Å². The Morgan fingerprint density at radius 2 is 1.83 bits per heavy atom. The molecule has 0 radical (unpaired) electrons. The summed E-state index contributed by atoms with van der Waals surface area (Å²) in [5.74, 6) is 0. The Morgan fingerprint density at radius 1 is 1.00 bits per heavy atom. The molecule has 3 aromatic rings. The van der Waals surface area contributed by atoms with Gasteiger partial charge in [0, 0.05) is 24.3 Å². The van der Waals surface area contributed by atoms with Crippen LogP contribution in [0.25, 0.3) is 10.9 Å². The largest absolute Gasteiger partial charge is 0.331 e. The van der Waals surface area contributed by atoms with Crippen LogP contribution in [0.2, 0.25) is 0 Å². The highest BCUT2D eigenvalue weighted by Crippen LogP contribution is 2.09. The fraction of sp³-hybridized carbons (Fsp3) is 0.278. The fourth-order valence-electron chi connectivity index (χ4n) is 2.77. The summed E-state index contributed by atoms with van der Waals surface area (Å²) >= 11 is 3.41. The first-order valence-corrected chi connectivity index (χ1v) is 9.02. The molecular weight excluding hydrogens is 370 g/mol. The number of halogens is 1. The number of fused-ring (bicyclic) bond motifs is 1. The van der Waals surface area contributed by atoms with Crippen LogP contribution in [-0.4, -0.2) is 19.4 Å². The molecule has 1 aromatic carbocycles. The molecule has 0 atom stereocenters. The van der Waals surface area contributed by atoms with Crippen molar-refractivity contribution in [3.8, 4) is 0 Å². The van der Waals surface area contributed by atoms with E-state index in [1.807, 2.05) is 24.3 Å². The van der Waals surface area contributed by atoms with Crippen LogP contribution in [0.1, 0.15) is 18.4 Å². The summed E-state index contributed by atoms with van der Waals surface area (Å²) in [5, 5.41) is 1.47. The van der Waals surface area contributed by atoms with E-state index >= 15 is 0 Å². The van der Waals surface area contributed by atoms with E-state index in [1.54, 1.807) is 29.1 Å². The standard InChI is InChI=1S/C18H18BrN3O2/c19-9-3-4-11-21-16-8-2-1-7-15(16)17(23)22(18(21)24)13-14-6-5-10-20-12-14/h1-2,5-8,10,12H,3-4,9,11,13H2. The van der Waals surface area contributed by atoms with E-state index in [2.05, 4.69) is 20.9 Å². The highest BCUT2D eigenvalue weighted by molar-refractivity contribution is 9.09. The smallest absolute Gasteiger partial charge is 0.293 e. The number of aryl methyl sites for hydroxylation is 1. The molecule has 0 aliphatic carbocycles. The van der Waals surface area contributed by atoms with E-state index in [-0.39, 0.29) is 17.8 Å². The number of alkyl halides is 1. The number of rotatable bonds is 6. The van der Waals surface area contributed by atoms with Crippen LogP contribution in [0.3, 0.4) is 0 Å². The summed E-state index contributed by atoms with van der Waals surface area (Å²) in [6, 6.07) is 11.0. The number of nitrogens with zero attached hydrogens (tertiary/aromatic N) is 3. The SMILES string of the molecule is O=c1c2ccccc2n(CCCCBr)c(=O)n1Cc1cccnc1. The lowest BCUT2D eigenvalue weighted by Gasteiger charge is -2.14. The molecule has 0 aliphatic heterocycles. The summed E-state index contributed by atoms with van der Waals surface area (Å²) < 4.78 is 3.00. The predicted octanol–water partition coefficient (Wildman–Crippen LogP) is 2.78. The molecule has 0 amide bonds. The lowest BCUT2D eigenvalue weighted by molar-refractivity contribution is 0.574. The predicted molar refractivity (Wildman–Crippen MR) is 98.8 cm³/mol. The fourth-order valence-corrected chi connectivity index (χ4v) is 3.16. The molecule has 0 fully saturated rings.